The second-order valence-corrected chi connectivity index (χ2v) is 5.71. The van der Waals surface area contributed by atoms with Gasteiger partial charge >= 0.3 is 5.97 Å². The standard InChI is InChI=1S/C16H24N2O2/c1-5-13-8-7-12-11-18(10-9-14(12)17-13)16(3,4)15(19)20-6-2/h7-8H,5-6,9-11H2,1-4H3. The van der Waals surface area contributed by atoms with Gasteiger partial charge in [0.1, 0.15) is 5.54 Å². The van der Waals surface area contributed by atoms with Crippen molar-refractivity contribution < 1.29 is 9.53 Å². The molecule has 20 heavy (non-hydrogen) atoms. The first-order valence-electron chi connectivity index (χ1n) is 7.39. The molecule has 0 spiro atoms. The van der Waals surface area contributed by atoms with Crippen LogP contribution in [0.4, 0.5) is 0 Å². The van der Waals surface area contributed by atoms with E-state index >= 15 is 0 Å². The molecule has 1 aromatic rings. The second-order valence-electron chi connectivity index (χ2n) is 5.71. The van der Waals surface area contributed by atoms with Gasteiger partial charge in [0, 0.05) is 30.9 Å². The molecule has 2 heterocycles. The van der Waals surface area contributed by atoms with Crippen molar-refractivity contribution in [2.24, 2.45) is 0 Å². The number of esters is 1. The lowest BCUT2D eigenvalue weighted by molar-refractivity contribution is -0.156. The average molecular weight is 276 g/mol. The summed E-state index contributed by atoms with van der Waals surface area (Å²) < 4.78 is 5.19. The molecule has 0 saturated carbocycles. The summed E-state index contributed by atoms with van der Waals surface area (Å²) in [5.41, 5.74) is 2.96. The Balaban J connectivity index is 2.16. The Morgan fingerprint density at radius 3 is 2.80 bits per heavy atom. The molecule has 0 amide bonds. The summed E-state index contributed by atoms with van der Waals surface area (Å²) in [5, 5.41) is 0. The first-order valence-corrected chi connectivity index (χ1v) is 7.39. The maximum Gasteiger partial charge on any atom is 0.325 e. The molecule has 1 aliphatic rings. The van der Waals surface area contributed by atoms with Crippen LogP contribution in [-0.2, 0) is 28.9 Å². The minimum Gasteiger partial charge on any atom is -0.465 e. The molecule has 110 valence electrons. The largest absolute Gasteiger partial charge is 0.465 e. The Labute approximate surface area is 121 Å². The Kier molecular flexibility index (Phi) is 4.43. The number of hydrogen-bond donors (Lipinski definition) is 0. The monoisotopic (exact) mass is 276 g/mol. The molecular formula is C16H24N2O2. The normalized spacial score (nSPS) is 15.8. The van der Waals surface area contributed by atoms with Crippen molar-refractivity contribution in [3.63, 3.8) is 0 Å². The topological polar surface area (TPSA) is 42.4 Å². The number of aromatic nitrogens is 1. The number of ether oxygens (including phenoxy) is 1. The van der Waals surface area contributed by atoms with Crippen LogP contribution in [0, 0.1) is 0 Å². The van der Waals surface area contributed by atoms with E-state index < -0.39 is 5.54 Å². The number of hydrogen-bond acceptors (Lipinski definition) is 4. The minimum absolute atomic E-state index is 0.151. The molecule has 4 heteroatoms. The van der Waals surface area contributed by atoms with E-state index in [9.17, 15) is 4.79 Å². The third-order valence-electron chi connectivity index (χ3n) is 4.03. The summed E-state index contributed by atoms with van der Waals surface area (Å²) in [7, 11) is 0. The van der Waals surface area contributed by atoms with Crippen molar-refractivity contribution in [1.82, 2.24) is 9.88 Å². The number of aryl methyl sites for hydroxylation is 1. The van der Waals surface area contributed by atoms with E-state index in [0.717, 1.165) is 31.6 Å². The van der Waals surface area contributed by atoms with Crippen molar-refractivity contribution in [2.75, 3.05) is 13.2 Å². The van der Waals surface area contributed by atoms with E-state index in [1.54, 1.807) is 0 Å². The first-order chi connectivity index (χ1) is 9.48. The van der Waals surface area contributed by atoms with E-state index in [-0.39, 0.29) is 5.97 Å². The zero-order valence-corrected chi connectivity index (χ0v) is 12.9. The molecule has 1 aliphatic heterocycles. The summed E-state index contributed by atoms with van der Waals surface area (Å²) in [6.07, 6.45) is 1.86. The van der Waals surface area contributed by atoms with E-state index in [1.807, 2.05) is 20.8 Å². The van der Waals surface area contributed by atoms with Gasteiger partial charge in [0.25, 0.3) is 0 Å². The van der Waals surface area contributed by atoms with Crippen molar-refractivity contribution >= 4 is 5.97 Å². The number of carbonyl (C=O) groups is 1. The Morgan fingerprint density at radius 1 is 1.40 bits per heavy atom. The van der Waals surface area contributed by atoms with Gasteiger partial charge in [-0.25, -0.2) is 0 Å². The number of pyridine rings is 1. The number of carbonyl (C=O) groups excluding carboxylic acids is 1. The fourth-order valence-electron chi connectivity index (χ4n) is 2.57. The van der Waals surface area contributed by atoms with Crippen LogP contribution in [0.2, 0.25) is 0 Å². The van der Waals surface area contributed by atoms with Gasteiger partial charge in [-0.2, -0.15) is 0 Å². The fourth-order valence-corrected chi connectivity index (χ4v) is 2.57. The summed E-state index contributed by atoms with van der Waals surface area (Å²) >= 11 is 0. The lowest BCUT2D eigenvalue weighted by Gasteiger charge is -2.39. The number of rotatable bonds is 4. The maximum absolute atomic E-state index is 12.1. The van der Waals surface area contributed by atoms with Crippen molar-refractivity contribution in [3.8, 4) is 0 Å². The average Bonchev–Trinajstić information content (AvgIpc) is 2.46. The third-order valence-corrected chi connectivity index (χ3v) is 4.03. The van der Waals surface area contributed by atoms with Crippen LogP contribution < -0.4 is 0 Å². The molecule has 0 radical (unpaired) electrons. The molecule has 0 aromatic carbocycles. The number of nitrogens with zero attached hydrogens (tertiary/aromatic N) is 2. The van der Waals surface area contributed by atoms with E-state index in [4.69, 9.17) is 4.74 Å². The molecule has 0 saturated heterocycles. The highest BCUT2D eigenvalue weighted by Gasteiger charge is 2.37. The summed E-state index contributed by atoms with van der Waals surface area (Å²) in [4.78, 5) is 19.0. The molecule has 0 unspecified atom stereocenters. The highest BCUT2D eigenvalue weighted by molar-refractivity contribution is 5.79. The molecule has 0 bridgehead atoms. The molecular weight excluding hydrogens is 252 g/mol. The van der Waals surface area contributed by atoms with Gasteiger partial charge in [-0.15, -0.1) is 0 Å². The van der Waals surface area contributed by atoms with E-state index in [2.05, 4.69) is 28.9 Å². The van der Waals surface area contributed by atoms with Gasteiger partial charge in [0.05, 0.1) is 6.61 Å². The predicted octanol–water partition coefficient (Wildman–Crippen LogP) is 2.34. The SMILES string of the molecule is CCOC(=O)C(C)(C)N1CCc2nc(CC)ccc2C1. The Hall–Kier alpha value is -1.42. The van der Waals surface area contributed by atoms with Crippen molar-refractivity contribution in [3.05, 3.63) is 29.1 Å². The van der Waals surface area contributed by atoms with Crippen LogP contribution in [0.25, 0.3) is 0 Å². The lowest BCUT2D eigenvalue weighted by atomic mass is 9.96. The summed E-state index contributed by atoms with van der Waals surface area (Å²) in [6, 6.07) is 4.23. The molecule has 0 fully saturated rings. The van der Waals surface area contributed by atoms with Crippen LogP contribution in [0.5, 0.6) is 0 Å². The van der Waals surface area contributed by atoms with E-state index in [0.29, 0.717) is 6.61 Å². The highest BCUT2D eigenvalue weighted by atomic mass is 16.5. The summed E-state index contributed by atoms with van der Waals surface area (Å²) in [6.45, 7) is 9.86. The van der Waals surface area contributed by atoms with Gasteiger partial charge in [0.2, 0.25) is 0 Å². The van der Waals surface area contributed by atoms with Crippen LogP contribution in [0.15, 0.2) is 12.1 Å². The molecule has 0 N–H and O–H groups in total. The van der Waals surface area contributed by atoms with Gasteiger partial charge < -0.3 is 4.74 Å². The Bertz CT molecular complexity index is 497. The maximum atomic E-state index is 12.1. The zero-order valence-electron chi connectivity index (χ0n) is 12.9. The van der Waals surface area contributed by atoms with Crippen LogP contribution in [0.1, 0.15) is 44.6 Å². The highest BCUT2D eigenvalue weighted by Crippen LogP contribution is 2.25. The third kappa shape index (κ3) is 2.85. The van der Waals surface area contributed by atoms with Crippen molar-refractivity contribution in [2.45, 2.75) is 52.6 Å². The van der Waals surface area contributed by atoms with Crippen LogP contribution >= 0.6 is 0 Å². The lowest BCUT2D eigenvalue weighted by Crippen LogP contribution is -2.52. The van der Waals surface area contributed by atoms with Crippen molar-refractivity contribution in [1.29, 1.82) is 0 Å². The molecule has 0 aliphatic carbocycles. The van der Waals surface area contributed by atoms with Gasteiger partial charge in [-0.1, -0.05) is 13.0 Å². The smallest absolute Gasteiger partial charge is 0.325 e. The quantitative estimate of drug-likeness (QED) is 0.792. The van der Waals surface area contributed by atoms with Crippen LogP contribution in [-0.4, -0.2) is 34.5 Å². The molecule has 2 rings (SSSR count). The Morgan fingerprint density at radius 2 is 2.15 bits per heavy atom. The minimum atomic E-state index is -0.586. The fraction of sp³-hybridized carbons (Fsp3) is 0.625. The molecule has 0 atom stereocenters. The zero-order chi connectivity index (χ0) is 14.8. The molecule has 4 nitrogen and oxygen atoms in total. The predicted molar refractivity (Wildman–Crippen MR) is 78.4 cm³/mol. The number of fused-ring (bicyclic) bond motifs is 1. The van der Waals surface area contributed by atoms with E-state index in [1.165, 1.54) is 11.3 Å². The van der Waals surface area contributed by atoms with Gasteiger partial charge in [-0.3, -0.25) is 14.7 Å². The van der Waals surface area contributed by atoms with Gasteiger partial charge in [0.15, 0.2) is 0 Å². The van der Waals surface area contributed by atoms with Gasteiger partial charge in [-0.05, 0) is 38.8 Å². The first kappa shape index (κ1) is 15.0. The van der Waals surface area contributed by atoms with Crippen LogP contribution in [0.3, 0.4) is 0 Å². The molecule has 1 aromatic heterocycles. The second kappa shape index (κ2) is 5.92. The summed E-state index contributed by atoms with van der Waals surface area (Å²) in [5.74, 6) is -0.151.